The van der Waals surface area contributed by atoms with Crippen molar-refractivity contribution in [1.82, 2.24) is 25.2 Å². The van der Waals surface area contributed by atoms with Gasteiger partial charge in [0.2, 0.25) is 5.16 Å². The topological polar surface area (TPSA) is 99.6 Å². The summed E-state index contributed by atoms with van der Waals surface area (Å²) in [5.41, 5.74) is 0.799. The van der Waals surface area contributed by atoms with Crippen molar-refractivity contribution >= 4 is 39.0 Å². The summed E-state index contributed by atoms with van der Waals surface area (Å²) < 4.78 is 1.51. The van der Waals surface area contributed by atoms with E-state index in [4.69, 9.17) is 0 Å². The van der Waals surface area contributed by atoms with E-state index in [1.165, 1.54) is 35.2 Å². The third kappa shape index (κ3) is 3.22. The Morgan fingerprint density at radius 2 is 2.32 bits per heavy atom. The molecule has 0 fully saturated rings. The predicted molar refractivity (Wildman–Crippen MR) is 83.1 cm³/mol. The maximum Gasteiger partial charge on any atom is 0.270 e. The first-order chi connectivity index (χ1) is 10.7. The zero-order chi connectivity index (χ0) is 15.5. The zero-order valence-electron chi connectivity index (χ0n) is 11.7. The summed E-state index contributed by atoms with van der Waals surface area (Å²) in [7, 11) is 0. The summed E-state index contributed by atoms with van der Waals surface area (Å²) in [6.45, 7) is 2.85. The van der Waals surface area contributed by atoms with Crippen LogP contribution in [-0.2, 0) is 6.54 Å². The van der Waals surface area contributed by atoms with Crippen LogP contribution in [0.2, 0.25) is 0 Å². The second-order valence-electron chi connectivity index (χ2n) is 4.51. The van der Waals surface area contributed by atoms with Crippen molar-refractivity contribution in [2.45, 2.75) is 35.8 Å². The van der Waals surface area contributed by atoms with Crippen molar-refractivity contribution in [2.75, 3.05) is 0 Å². The third-order valence-corrected chi connectivity index (χ3v) is 4.81. The number of unbranched alkanes of at least 4 members (excludes halogenated alkanes) is 1. The van der Waals surface area contributed by atoms with Gasteiger partial charge in [-0.1, -0.05) is 13.3 Å². The molecule has 2 aromatic heterocycles. The molecule has 2 heterocycles. The van der Waals surface area contributed by atoms with Crippen molar-refractivity contribution in [2.24, 2.45) is 0 Å². The highest BCUT2D eigenvalue weighted by Gasteiger charge is 2.13. The molecule has 0 N–H and O–H groups in total. The first kappa shape index (κ1) is 14.9. The SMILES string of the molecule is CCCCn1nnc(Sc2nc3ccc([N+](=O)[O-])cc3s2)n1. The highest BCUT2D eigenvalue weighted by atomic mass is 32.2. The fourth-order valence-corrected chi connectivity index (χ4v) is 3.69. The largest absolute Gasteiger partial charge is 0.270 e. The summed E-state index contributed by atoms with van der Waals surface area (Å²) in [5.74, 6) is 0. The lowest BCUT2D eigenvalue weighted by Gasteiger charge is -1.93. The number of thiazole rings is 1. The summed E-state index contributed by atoms with van der Waals surface area (Å²) in [5, 5.41) is 23.6. The molecule has 3 rings (SSSR count). The number of nitrogens with zero attached hydrogens (tertiary/aromatic N) is 6. The van der Waals surface area contributed by atoms with E-state index in [1.54, 1.807) is 10.9 Å². The molecule has 1 aromatic carbocycles. The van der Waals surface area contributed by atoms with Gasteiger partial charge in [0.15, 0.2) is 4.34 Å². The van der Waals surface area contributed by atoms with Gasteiger partial charge in [0.1, 0.15) is 0 Å². The highest BCUT2D eigenvalue weighted by Crippen LogP contribution is 2.34. The van der Waals surface area contributed by atoms with Crippen LogP contribution in [-0.4, -0.2) is 30.1 Å². The Kier molecular flexibility index (Phi) is 4.29. The Morgan fingerprint density at radius 3 is 3.09 bits per heavy atom. The van der Waals surface area contributed by atoms with Crippen LogP contribution in [0, 0.1) is 10.1 Å². The van der Waals surface area contributed by atoms with E-state index in [2.05, 4.69) is 27.3 Å². The number of nitro groups is 1. The van der Waals surface area contributed by atoms with Gasteiger partial charge < -0.3 is 0 Å². The first-order valence-electron chi connectivity index (χ1n) is 6.66. The molecular formula is C12H12N6O2S2. The van der Waals surface area contributed by atoms with Gasteiger partial charge >= 0.3 is 0 Å². The second kappa shape index (κ2) is 6.36. The summed E-state index contributed by atoms with van der Waals surface area (Å²) in [6.07, 6.45) is 2.08. The number of benzene rings is 1. The number of aryl methyl sites for hydroxylation is 1. The number of fused-ring (bicyclic) bond motifs is 1. The molecular weight excluding hydrogens is 324 g/mol. The molecule has 0 saturated carbocycles. The highest BCUT2D eigenvalue weighted by molar-refractivity contribution is 8.01. The number of nitro benzene ring substituents is 1. The smallest absolute Gasteiger partial charge is 0.258 e. The van der Waals surface area contributed by atoms with Gasteiger partial charge in [-0.3, -0.25) is 10.1 Å². The van der Waals surface area contributed by atoms with Gasteiger partial charge in [-0.2, -0.15) is 4.80 Å². The molecule has 114 valence electrons. The van der Waals surface area contributed by atoms with Crippen LogP contribution in [0.15, 0.2) is 27.7 Å². The van der Waals surface area contributed by atoms with Gasteiger partial charge in [-0.15, -0.1) is 21.5 Å². The van der Waals surface area contributed by atoms with E-state index in [0.29, 0.717) is 5.16 Å². The molecule has 0 aliphatic rings. The molecule has 0 bridgehead atoms. The Balaban J connectivity index is 1.78. The van der Waals surface area contributed by atoms with Crippen molar-refractivity contribution in [3.05, 3.63) is 28.3 Å². The van der Waals surface area contributed by atoms with Crippen LogP contribution >= 0.6 is 23.1 Å². The van der Waals surface area contributed by atoms with Crippen molar-refractivity contribution in [1.29, 1.82) is 0 Å². The maximum absolute atomic E-state index is 10.8. The lowest BCUT2D eigenvalue weighted by Crippen LogP contribution is -2.01. The maximum atomic E-state index is 10.8. The van der Waals surface area contributed by atoms with E-state index in [9.17, 15) is 10.1 Å². The fraction of sp³-hybridized carbons (Fsp3) is 0.333. The lowest BCUT2D eigenvalue weighted by molar-refractivity contribution is -0.384. The molecule has 0 atom stereocenters. The minimum atomic E-state index is -0.410. The van der Waals surface area contributed by atoms with E-state index in [0.717, 1.165) is 33.9 Å². The normalized spacial score (nSPS) is 11.1. The quantitative estimate of drug-likeness (QED) is 0.503. The van der Waals surface area contributed by atoms with Gasteiger partial charge in [0.25, 0.3) is 5.69 Å². The molecule has 0 aliphatic heterocycles. The third-order valence-electron chi connectivity index (χ3n) is 2.89. The number of hydrogen-bond donors (Lipinski definition) is 0. The van der Waals surface area contributed by atoms with Crippen molar-refractivity contribution in [3.63, 3.8) is 0 Å². The standard InChI is InChI=1S/C12H12N6O2S2/c1-2-3-6-17-15-11(14-16-17)22-12-13-9-5-4-8(18(19)20)7-10(9)21-12/h4-5,7H,2-3,6H2,1H3. The molecule has 0 amide bonds. The Hall–Kier alpha value is -2.07. The number of non-ortho nitro benzene ring substituents is 1. The fourth-order valence-electron chi connectivity index (χ4n) is 1.79. The van der Waals surface area contributed by atoms with Crippen LogP contribution in [0.1, 0.15) is 19.8 Å². The van der Waals surface area contributed by atoms with E-state index in [-0.39, 0.29) is 5.69 Å². The Morgan fingerprint density at radius 1 is 1.45 bits per heavy atom. The molecule has 8 nitrogen and oxygen atoms in total. The molecule has 0 saturated heterocycles. The van der Waals surface area contributed by atoms with Gasteiger partial charge in [-0.05, 0) is 29.5 Å². The molecule has 0 aliphatic carbocycles. The average Bonchev–Trinajstić information content (AvgIpc) is 3.10. The van der Waals surface area contributed by atoms with Crippen LogP contribution in [0.3, 0.4) is 0 Å². The molecule has 0 radical (unpaired) electrons. The predicted octanol–water partition coefficient (Wildman–Crippen LogP) is 3.14. The number of hydrogen-bond acceptors (Lipinski definition) is 8. The van der Waals surface area contributed by atoms with Crippen LogP contribution < -0.4 is 0 Å². The van der Waals surface area contributed by atoms with E-state index < -0.39 is 4.92 Å². The minimum absolute atomic E-state index is 0.0661. The van der Waals surface area contributed by atoms with Crippen molar-refractivity contribution in [3.8, 4) is 0 Å². The lowest BCUT2D eigenvalue weighted by atomic mass is 10.3. The molecule has 3 aromatic rings. The van der Waals surface area contributed by atoms with E-state index in [1.807, 2.05) is 0 Å². The monoisotopic (exact) mass is 336 g/mol. The van der Waals surface area contributed by atoms with Gasteiger partial charge in [0, 0.05) is 12.1 Å². The first-order valence-corrected chi connectivity index (χ1v) is 8.29. The van der Waals surface area contributed by atoms with Crippen LogP contribution in [0.25, 0.3) is 10.2 Å². The van der Waals surface area contributed by atoms with Crippen LogP contribution in [0.4, 0.5) is 5.69 Å². The molecule has 0 unspecified atom stereocenters. The number of tetrazole rings is 1. The summed E-state index contributed by atoms with van der Waals surface area (Å²) >= 11 is 2.70. The number of rotatable bonds is 6. The number of aromatic nitrogens is 5. The van der Waals surface area contributed by atoms with Gasteiger partial charge in [-0.25, -0.2) is 4.98 Å². The molecule has 22 heavy (non-hydrogen) atoms. The summed E-state index contributed by atoms with van der Waals surface area (Å²) in [4.78, 5) is 16.4. The molecule has 10 heteroatoms. The molecule has 0 spiro atoms. The van der Waals surface area contributed by atoms with Gasteiger partial charge in [0.05, 0.1) is 21.7 Å². The van der Waals surface area contributed by atoms with E-state index >= 15 is 0 Å². The summed E-state index contributed by atoms with van der Waals surface area (Å²) in [6, 6.07) is 4.64. The zero-order valence-corrected chi connectivity index (χ0v) is 13.3. The minimum Gasteiger partial charge on any atom is -0.258 e. The average molecular weight is 336 g/mol. The van der Waals surface area contributed by atoms with Crippen molar-refractivity contribution < 1.29 is 4.92 Å². The Bertz CT molecular complexity index is 815. The van der Waals surface area contributed by atoms with Crippen LogP contribution in [0.5, 0.6) is 0 Å². The second-order valence-corrected chi connectivity index (χ2v) is 6.76. The Labute approximate surface area is 133 Å².